The molecule has 0 aliphatic carbocycles. The minimum absolute atomic E-state index is 0. The summed E-state index contributed by atoms with van der Waals surface area (Å²) >= 11 is 0. The summed E-state index contributed by atoms with van der Waals surface area (Å²) < 4.78 is 10.9. The number of rotatable bonds is 8. The van der Waals surface area contributed by atoms with Crippen LogP contribution in [0.4, 0.5) is 0 Å². The lowest BCUT2D eigenvalue weighted by Crippen LogP contribution is -2.32. The van der Waals surface area contributed by atoms with Crippen LogP contribution in [-0.2, 0) is 11.3 Å². The van der Waals surface area contributed by atoms with Gasteiger partial charge in [0.1, 0.15) is 6.54 Å². The third kappa shape index (κ3) is 6.88. The smallest absolute Gasteiger partial charge is 0.216 e. The number of hydrogen-bond acceptors (Lipinski definition) is 4. The first kappa shape index (κ1) is 20.4. The topological polar surface area (TPSA) is 85.7 Å². The highest BCUT2D eigenvalue weighted by Gasteiger charge is 2.05. The molecule has 24 heavy (non-hydrogen) atoms. The van der Waals surface area contributed by atoms with Crippen LogP contribution < -0.4 is 11.1 Å². The SMILES string of the molecule is CCOCCCNC(N)=NCc1ncc(-c2ccc(C)cc2)o1.I. The van der Waals surface area contributed by atoms with Gasteiger partial charge < -0.3 is 20.2 Å². The normalized spacial score (nSPS) is 11.2. The number of aromatic nitrogens is 1. The van der Waals surface area contributed by atoms with Crippen LogP contribution in [0, 0.1) is 6.92 Å². The maximum atomic E-state index is 5.80. The number of oxazole rings is 1. The number of guanidine groups is 1. The van der Waals surface area contributed by atoms with Crippen LogP contribution in [0.15, 0.2) is 39.9 Å². The van der Waals surface area contributed by atoms with E-state index in [-0.39, 0.29) is 24.0 Å². The predicted octanol–water partition coefficient (Wildman–Crippen LogP) is 3.10. The molecule has 0 saturated heterocycles. The van der Waals surface area contributed by atoms with Crippen molar-refractivity contribution in [3.05, 3.63) is 41.9 Å². The highest BCUT2D eigenvalue weighted by molar-refractivity contribution is 14.0. The number of nitrogens with one attached hydrogen (secondary N) is 1. The van der Waals surface area contributed by atoms with Crippen molar-refractivity contribution < 1.29 is 9.15 Å². The summed E-state index contributed by atoms with van der Waals surface area (Å²) in [7, 11) is 0. The number of nitrogens with zero attached hydrogens (tertiary/aromatic N) is 2. The Morgan fingerprint density at radius 1 is 1.33 bits per heavy atom. The second-order valence-corrected chi connectivity index (χ2v) is 5.16. The van der Waals surface area contributed by atoms with E-state index in [0.717, 1.165) is 37.5 Å². The van der Waals surface area contributed by atoms with Gasteiger partial charge in [0.05, 0.1) is 6.20 Å². The molecule has 0 fully saturated rings. The number of aryl methyl sites for hydroxylation is 1. The van der Waals surface area contributed by atoms with E-state index in [9.17, 15) is 0 Å². The first-order valence-corrected chi connectivity index (χ1v) is 7.82. The van der Waals surface area contributed by atoms with Crippen molar-refractivity contribution in [1.82, 2.24) is 10.3 Å². The summed E-state index contributed by atoms with van der Waals surface area (Å²) in [5, 5.41) is 3.03. The summed E-state index contributed by atoms with van der Waals surface area (Å²) in [5.41, 5.74) is 8.01. The molecule has 132 valence electrons. The Balaban J connectivity index is 0.00000288. The van der Waals surface area contributed by atoms with Crippen LogP contribution in [0.2, 0.25) is 0 Å². The zero-order valence-corrected chi connectivity index (χ0v) is 16.4. The zero-order chi connectivity index (χ0) is 16.5. The summed E-state index contributed by atoms with van der Waals surface area (Å²) in [5.74, 6) is 1.66. The van der Waals surface area contributed by atoms with Crippen LogP contribution in [0.25, 0.3) is 11.3 Å². The molecule has 2 aromatic rings. The van der Waals surface area contributed by atoms with Gasteiger partial charge in [-0.05, 0) is 20.3 Å². The first-order chi connectivity index (χ1) is 11.2. The monoisotopic (exact) mass is 444 g/mol. The van der Waals surface area contributed by atoms with Crippen LogP contribution in [0.5, 0.6) is 0 Å². The highest BCUT2D eigenvalue weighted by Crippen LogP contribution is 2.20. The Hall–Kier alpha value is -1.61. The summed E-state index contributed by atoms with van der Waals surface area (Å²) in [6.45, 7) is 6.53. The predicted molar refractivity (Wildman–Crippen MR) is 107 cm³/mol. The van der Waals surface area contributed by atoms with E-state index in [1.54, 1.807) is 6.20 Å². The lowest BCUT2D eigenvalue weighted by molar-refractivity contribution is 0.145. The Morgan fingerprint density at radius 2 is 2.08 bits per heavy atom. The average molecular weight is 444 g/mol. The van der Waals surface area contributed by atoms with Crippen molar-refractivity contribution in [2.45, 2.75) is 26.8 Å². The third-order valence-electron chi connectivity index (χ3n) is 3.25. The molecule has 0 atom stereocenters. The molecule has 0 amide bonds. The Labute approximate surface area is 159 Å². The molecule has 0 saturated carbocycles. The lowest BCUT2D eigenvalue weighted by Gasteiger charge is -2.04. The van der Waals surface area contributed by atoms with Crippen molar-refractivity contribution in [2.24, 2.45) is 10.7 Å². The number of benzene rings is 1. The van der Waals surface area contributed by atoms with Gasteiger partial charge in [-0.2, -0.15) is 0 Å². The van der Waals surface area contributed by atoms with Gasteiger partial charge in [-0.3, -0.25) is 0 Å². The van der Waals surface area contributed by atoms with E-state index >= 15 is 0 Å². The molecule has 3 N–H and O–H groups in total. The Kier molecular flexibility index (Phi) is 9.39. The van der Waals surface area contributed by atoms with E-state index in [0.29, 0.717) is 18.4 Å². The van der Waals surface area contributed by atoms with Crippen LogP contribution >= 0.6 is 24.0 Å². The average Bonchev–Trinajstić information content (AvgIpc) is 3.02. The van der Waals surface area contributed by atoms with E-state index in [4.69, 9.17) is 14.9 Å². The van der Waals surface area contributed by atoms with Gasteiger partial charge in [0.2, 0.25) is 5.89 Å². The van der Waals surface area contributed by atoms with Gasteiger partial charge in [0, 0.05) is 25.3 Å². The van der Waals surface area contributed by atoms with Crippen LogP contribution in [0.3, 0.4) is 0 Å². The molecule has 0 spiro atoms. The zero-order valence-electron chi connectivity index (χ0n) is 14.1. The molecule has 0 bridgehead atoms. The van der Waals surface area contributed by atoms with Crippen molar-refractivity contribution in [1.29, 1.82) is 0 Å². The Morgan fingerprint density at radius 3 is 2.79 bits per heavy atom. The molecule has 0 unspecified atom stereocenters. The summed E-state index contributed by atoms with van der Waals surface area (Å²) in [6.07, 6.45) is 2.60. The highest BCUT2D eigenvalue weighted by atomic mass is 127. The van der Waals surface area contributed by atoms with Gasteiger partial charge in [0.15, 0.2) is 11.7 Å². The van der Waals surface area contributed by atoms with Crippen molar-refractivity contribution in [3.63, 3.8) is 0 Å². The largest absolute Gasteiger partial charge is 0.439 e. The number of halogens is 1. The molecule has 7 heteroatoms. The molecular weight excluding hydrogens is 419 g/mol. The second-order valence-electron chi connectivity index (χ2n) is 5.16. The van der Waals surface area contributed by atoms with Gasteiger partial charge in [-0.25, -0.2) is 9.98 Å². The maximum Gasteiger partial charge on any atom is 0.216 e. The second kappa shape index (κ2) is 11.0. The summed E-state index contributed by atoms with van der Waals surface area (Å²) in [4.78, 5) is 8.45. The standard InChI is InChI=1S/C17H24N4O2.HI/c1-3-22-10-4-9-19-17(18)21-12-16-20-11-15(23-16)14-7-5-13(2)6-8-14;/h5-8,11H,3-4,9-10,12H2,1-2H3,(H3,18,19,21);1H. The fourth-order valence-electron chi connectivity index (χ4n) is 1.98. The minimum atomic E-state index is 0. The van der Waals surface area contributed by atoms with E-state index in [1.807, 2.05) is 31.2 Å². The minimum Gasteiger partial charge on any atom is -0.439 e. The molecule has 1 heterocycles. The molecule has 2 rings (SSSR count). The van der Waals surface area contributed by atoms with Gasteiger partial charge in [-0.15, -0.1) is 24.0 Å². The van der Waals surface area contributed by atoms with Gasteiger partial charge in [-0.1, -0.05) is 29.8 Å². The lowest BCUT2D eigenvalue weighted by atomic mass is 10.1. The van der Waals surface area contributed by atoms with E-state index in [1.165, 1.54) is 5.56 Å². The molecular formula is C17H25IN4O2. The molecule has 6 nitrogen and oxygen atoms in total. The fourth-order valence-corrected chi connectivity index (χ4v) is 1.98. The fraction of sp³-hybridized carbons (Fsp3) is 0.412. The van der Waals surface area contributed by atoms with Crippen molar-refractivity contribution >= 4 is 29.9 Å². The number of aliphatic imine (C=N–C) groups is 1. The number of nitrogens with two attached hydrogens (primary N) is 1. The van der Waals surface area contributed by atoms with Crippen molar-refractivity contribution in [2.75, 3.05) is 19.8 Å². The van der Waals surface area contributed by atoms with Gasteiger partial charge in [0.25, 0.3) is 0 Å². The molecule has 0 aliphatic rings. The maximum absolute atomic E-state index is 5.80. The molecule has 0 radical (unpaired) electrons. The van der Waals surface area contributed by atoms with Crippen LogP contribution in [-0.4, -0.2) is 30.7 Å². The number of hydrogen-bond donors (Lipinski definition) is 2. The molecule has 1 aromatic heterocycles. The first-order valence-electron chi connectivity index (χ1n) is 7.82. The quantitative estimate of drug-likeness (QED) is 0.283. The van der Waals surface area contributed by atoms with E-state index < -0.39 is 0 Å². The molecule has 0 aliphatic heterocycles. The van der Waals surface area contributed by atoms with E-state index in [2.05, 4.69) is 22.2 Å². The summed E-state index contributed by atoms with van der Waals surface area (Å²) in [6, 6.07) is 8.11. The third-order valence-corrected chi connectivity index (χ3v) is 3.25. The number of ether oxygens (including phenoxy) is 1. The van der Waals surface area contributed by atoms with Gasteiger partial charge >= 0.3 is 0 Å². The Bertz CT molecular complexity index is 626. The molecule has 1 aromatic carbocycles. The van der Waals surface area contributed by atoms with Crippen molar-refractivity contribution in [3.8, 4) is 11.3 Å². The van der Waals surface area contributed by atoms with Crippen LogP contribution in [0.1, 0.15) is 24.8 Å².